The monoisotopic (exact) mass is 360 g/mol. The second kappa shape index (κ2) is 6.14. The van der Waals surface area contributed by atoms with Crippen molar-refractivity contribution in [2.75, 3.05) is 4.72 Å². The first-order valence-electron chi connectivity index (χ1n) is 7.19. The number of benzene rings is 2. The minimum absolute atomic E-state index is 0.0920. The predicted molar refractivity (Wildman–Crippen MR) is 90.6 cm³/mol. The van der Waals surface area contributed by atoms with Crippen molar-refractivity contribution < 1.29 is 22.7 Å². The van der Waals surface area contributed by atoms with Gasteiger partial charge in [0.15, 0.2) is 0 Å². The highest BCUT2D eigenvalue weighted by atomic mass is 32.2. The summed E-state index contributed by atoms with van der Waals surface area (Å²) in [6.45, 7) is 1.84. The first kappa shape index (κ1) is 16.8. The zero-order valence-corrected chi connectivity index (χ0v) is 13.8. The lowest BCUT2D eigenvalue weighted by Gasteiger charge is -2.12. The van der Waals surface area contributed by atoms with Crippen LogP contribution in [0, 0.1) is 12.7 Å². The molecule has 1 heterocycles. The Labute approximate surface area is 143 Å². The number of aryl methyl sites for hydroxylation is 1. The zero-order valence-electron chi connectivity index (χ0n) is 13.0. The van der Waals surface area contributed by atoms with E-state index in [1.165, 1.54) is 6.07 Å². The lowest BCUT2D eigenvalue weighted by Crippen LogP contribution is -2.16. The molecule has 0 saturated carbocycles. The van der Waals surface area contributed by atoms with E-state index in [1.54, 1.807) is 24.4 Å². The summed E-state index contributed by atoms with van der Waals surface area (Å²) in [6.07, 6.45) is 1.54. The van der Waals surface area contributed by atoms with Gasteiger partial charge in [-0.15, -0.1) is 0 Å². The summed E-state index contributed by atoms with van der Waals surface area (Å²) in [5.74, 6) is -2.22. The van der Waals surface area contributed by atoms with Crippen molar-refractivity contribution in [2.45, 2.75) is 11.8 Å². The summed E-state index contributed by atoms with van der Waals surface area (Å²) in [5, 5.41) is 9.79. The summed E-state index contributed by atoms with van der Waals surface area (Å²) >= 11 is 0. The Kier molecular flexibility index (Phi) is 4.13. The Morgan fingerprint density at radius 1 is 1.20 bits per heavy atom. The summed E-state index contributed by atoms with van der Waals surface area (Å²) in [7, 11) is -4.12. The van der Waals surface area contributed by atoms with Gasteiger partial charge in [0.05, 0.1) is 16.8 Å². The molecule has 0 aliphatic rings. The van der Waals surface area contributed by atoms with Crippen LogP contribution in [0.3, 0.4) is 0 Å². The first-order valence-corrected chi connectivity index (χ1v) is 8.67. The third kappa shape index (κ3) is 3.29. The van der Waals surface area contributed by atoms with Gasteiger partial charge in [-0.3, -0.25) is 9.71 Å². The number of pyridine rings is 1. The third-order valence-electron chi connectivity index (χ3n) is 3.56. The fourth-order valence-electron chi connectivity index (χ4n) is 2.44. The van der Waals surface area contributed by atoms with Crippen LogP contribution in [0.5, 0.6) is 0 Å². The summed E-state index contributed by atoms with van der Waals surface area (Å²) in [6, 6.07) is 9.27. The van der Waals surface area contributed by atoms with Crippen LogP contribution in [0.15, 0.2) is 53.6 Å². The summed E-state index contributed by atoms with van der Waals surface area (Å²) in [4.78, 5) is 15.3. The average molecular weight is 360 g/mol. The maximum Gasteiger partial charge on any atom is 0.337 e. The van der Waals surface area contributed by atoms with Crippen molar-refractivity contribution in [3.63, 3.8) is 0 Å². The molecule has 2 aromatic carbocycles. The number of carboxylic acid groups (broad SMARTS) is 1. The number of para-hydroxylation sites is 1. The van der Waals surface area contributed by atoms with Gasteiger partial charge in [0.1, 0.15) is 10.7 Å². The number of hydrogen-bond acceptors (Lipinski definition) is 4. The predicted octanol–water partition coefficient (Wildman–Crippen LogP) is 3.18. The van der Waals surface area contributed by atoms with Gasteiger partial charge in [0, 0.05) is 11.6 Å². The van der Waals surface area contributed by atoms with E-state index in [0.29, 0.717) is 5.39 Å². The maximum absolute atomic E-state index is 13.3. The van der Waals surface area contributed by atoms with Crippen molar-refractivity contribution >= 4 is 32.6 Å². The number of sulfonamides is 1. The maximum atomic E-state index is 13.3. The molecule has 0 aliphatic carbocycles. The van der Waals surface area contributed by atoms with Crippen LogP contribution in [0.25, 0.3) is 10.9 Å². The van der Waals surface area contributed by atoms with E-state index in [4.69, 9.17) is 5.11 Å². The van der Waals surface area contributed by atoms with Crippen molar-refractivity contribution in [1.82, 2.24) is 4.98 Å². The molecule has 3 rings (SSSR count). The number of aromatic nitrogens is 1. The molecule has 0 amide bonds. The van der Waals surface area contributed by atoms with Crippen molar-refractivity contribution in [1.29, 1.82) is 0 Å². The molecule has 128 valence electrons. The Balaban J connectivity index is 2.12. The molecule has 1 aromatic heterocycles. The standard InChI is InChI=1S/C17H13FN2O4S/c1-10-7-11-3-2-4-15(16(11)19-9-10)25(23,24)20-14-6-5-12(18)8-13(14)17(21)22/h2-9,20H,1H3,(H,21,22). The second-order valence-electron chi connectivity index (χ2n) is 5.44. The van der Waals surface area contributed by atoms with Gasteiger partial charge >= 0.3 is 5.97 Å². The van der Waals surface area contributed by atoms with Gasteiger partial charge in [-0.2, -0.15) is 0 Å². The molecular weight excluding hydrogens is 347 g/mol. The number of hydrogen-bond donors (Lipinski definition) is 2. The number of carboxylic acids is 1. The molecule has 0 unspecified atom stereocenters. The fourth-order valence-corrected chi connectivity index (χ4v) is 3.70. The number of fused-ring (bicyclic) bond motifs is 1. The second-order valence-corrected chi connectivity index (χ2v) is 7.09. The molecule has 0 bridgehead atoms. The van der Waals surface area contributed by atoms with Crippen LogP contribution >= 0.6 is 0 Å². The molecule has 0 atom stereocenters. The van der Waals surface area contributed by atoms with Gasteiger partial charge in [-0.25, -0.2) is 17.6 Å². The Morgan fingerprint density at radius 3 is 2.68 bits per heavy atom. The fraction of sp³-hybridized carbons (Fsp3) is 0.0588. The highest BCUT2D eigenvalue weighted by molar-refractivity contribution is 7.93. The number of nitrogens with zero attached hydrogens (tertiary/aromatic N) is 1. The van der Waals surface area contributed by atoms with E-state index >= 15 is 0 Å². The smallest absolute Gasteiger partial charge is 0.337 e. The highest BCUT2D eigenvalue weighted by Crippen LogP contribution is 2.26. The van der Waals surface area contributed by atoms with Gasteiger partial charge in [-0.1, -0.05) is 12.1 Å². The molecule has 0 fully saturated rings. The van der Waals surface area contributed by atoms with Gasteiger partial charge in [-0.05, 0) is 42.8 Å². The summed E-state index contributed by atoms with van der Waals surface area (Å²) < 4.78 is 40.9. The molecule has 25 heavy (non-hydrogen) atoms. The van der Waals surface area contributed by atoms with E-state index in [1.807, 2.05) is 6.92 Å². The quantitative estimate of drug-likeness (QED) is 0.745. The van der Waals surface area contributed by atoms with Crippen molar-refractivity contribution in [2.24, 2.45) is 0 Å². The topological polar surface area (TPSA) is 96.4 Å². The molecule has 0 radical (unpaired) electrons. The van der Waals surface area contributed by atoms with Crippen LogP contribution < -0.4 is 4.72 Å². The Bertz CT molecular complexity index is 1100. The highest BCUT2D eigenvalue weighted by Gasteiger charge is 2.21. The van der Waals surface area contributed by atoms with Crippen LogP contribution in [-0.4, -0.2) is 24.5 Å². The molecule has 6 nitrogen and oxygen atoms in total. The first-order chi connectivity index (χ1) is 11.8. The summed E-state index contributed by atoms with van der Waals surface area (Å²) in [5.41, 5.74) is 0.437. The van der Waals surface area contributed by atoms with Crippen molar-refractivity contribution in [3.8, 4) is 0 Å². The third-order valence-corrected chi connectivity index (χ3v) is 4.95. The largest absolute Gasteiger partial charge is 0.478 e. The van der Waals surface area contributed by atoms with E-state index in [0.717, 1.165) is 23.8 Å². The number of nitrogens with one attached hydrogen (secondary N) is 1. The van der Waals surface area contributed by atoms with Crippen LogP contribution in [0.4, 0.5) is 10.1 Å². The molecule has 8 heteroatoms. The molecule has 0 spiro atoms. The Morgan fingerprint density at radius 2 is 1.96 bits per heavy atom. The normalized spacial score (nSPS) is 11.4. The van der Waals surface area contributed by atoms with E-state index in [9.17, 15) is 17.6 Å². The molecule has 3 aromatic rings. The Hall–Kier alpha value is -3.00. The number of rotatable bonds is 4. The lowest BCUT2D eigenvalue weighted by molar-refractivity contribution is 0.0697. The minimum Gasteiger partial charge on any atom is -0.478 e. The SMILES string of the molecule is Cc1cnc2c(S(=O)(=O)Nc3ccc(F)cc3C(=O)O)cccc2c1. The molecule has 0 saturated heterocycles. The number of carbonyl (C=O) groups is 1. The minimum atomic E-state index is -4.12. The molecule has 0 aliphatic heterocycles. The van der Waals surface area contributed by atoms with E-state index in [2.05, 4.69) is 9.71 Å². The van der Waals surface area contributed by atoms with E-state index in [-0.39, 0.29) is 16.1 Å². The van der Waals surface area contributed by atoms with Crippen LogP contribution in [-0.2, 0) is 10.0 Å². The van der Waals surface area contributed by atoms with Crippen LogP contribution in [0.2, 0.25) is 0 Å². The van der Waals surface area contributed by atoms with Gasteiger partial charge < -0.3 is 5.11 Å². The number of anilines is 1. The molecular formula is C17H13FN2O4S. The van der Waals surface area contributed by atoms with Gasteiger partial charge in [0.2, 0.25) is 0 Å². The van der Waals surface area contributed by atoms with Crippen LogP contribution in [0.1, 0.15) is 15.9 Å². The average Bonchev–Trinajstić information content (AvgIpc) is 2.55. The number of aromatic carboxylic acids is 1. The lowest BCUT2D eigenvalue weighted by atomic mass is 10.2. The number of halogens is 1. The van der Waals surface area contributed by atoms with E-state index < -0.39 is 27.4 Å². The van der Waals surface area contributed by atoms with Crippen molar-refractivity contribution in [3.05, 3.63) is 65.6 Å². The molecule has 2 N–H and O–H groups in total. The van der Waals surface area contributed by atoms with Gasteiger partial charge in [0.25, 0.3) is 10.0 Å². The zero-order chi connectivity index (χ0) is 18.2.